The summed E-state index contributed by atoms with van der Waals surface area (Å²) < 4.78 is 28.6. The average molecular weight is 442 g/mol. The smallest absolute Gasteiger partial charge is 0.234 e. The van der Waals surface area contributed by atoms with E-state index >= 15 is 0 Å². The van der Waals surface area contributed by atoms with Crippen LogP contribution in [0.25, 0.3) is 10.1 Å². The minimum atomic E-state index is -3.52. The molecule has 6 nitrogen and oxygen atoms in total. The number of thiophene rings is 1. The fourth-order valence-corrected chi connectivity index (χ4v) is 8.04. The first-order valence-electron chi connectivity index (χ1n) is 9.56. The molecule has 2 aromatic rings. The van der Waals surface area contributed by atoms with Gasteiger partial charge in [-0.15, -0.1) is 11.3 Å². The Morgan fingerprint density at radius 3 is 2.75 bits per heavy atom. The van der Waals surface area contributed by atoms with E-state index in [9.17, 15) is 13.2 Å². The standard InChI is InChI=1S/C19H24ClN3O3S2/c20-15-2-1-14-9-19(27-16(14)10-15)28(25,26)17(13-3-5-21-6-4-13)11-23-8-7-22-18(24)12-23/h1-2,9-10,13,17,21H,3-8,11-12H2,(H,22,24). The summed E-state index contributed by atoms with van der Waals surface area (Å²) in [7, 11) is -3.52. The number of sulfone groups is 1. The van der Waals surface area contributed by atoms with Crippen LogP contribution in [0, 0.1) is 5.92 Å². The van der Waals surface area contributed by atoms with Gasteiger partial charge in [-0.05, 0) is 55.4 Å². The molecule has 0 saturated carbocycles. The van der Waals surface area contributed by atoms with Crippen LogP contribution in [-0.2, 0) is 14.6 Å². The molecule has 28 heavy (non-hydrogen) atoms. The van der Waals surface area contributed by atoms with E-state index in [4.69, 9.17) is 11.6 Å². The highest BCUT2D eigenvalue weighted by molar-refractivity contribution is 7.94. The quantitative estimate of drug-likeness (QED) is 0.743. The zero-order valence-electron chi connectivity index (χ0n) is 15.5. The van der Waals surface area contributed by atoms with E-state index in [0.29, 0.717) is 28.9 Å². The van der Waals surface area contributed by atoms with Crippen molar-refractivity contribution >= 4 is 48.8 Å². The minimum Gasteiger partial charge on any atom is -0.354 e. The number of piperazine rings is 1. The summed E-state index contributed by atoms with van der Waals surface area (Å²) in [5.74, 6) is 0.0502. The molecular weight excluding hydrogens is 418 g/mol. The van der Waals surface area contributed by atoms with Gasteiger partial charge in [-0.1, -0.05) is 17.7 Å². The van der Waals surface area contributed by atoms with Crippen molar-refractivity contribution in [3.05, 3.63) is 29.3 Å². The molecular formula is C19H24ClN3O3S2. The topological polar surface area (TPSA) is 78.5 Å². The van der Waals surface area contributed by atoms with Crippen LogP contribution in [0.15, 0.2) is 28.5 Å². The van der Waals surface area contributed by atoms with Gasteiger partial charge in [0, 0.05) is 29.4 Å². The number of amides is 1. The average Bonchev–Trinajstić information content (AvgIpc) is 3.11. The maximum Gasteiger partial charge on any atom is 0.234 e. The Labute approximate surface area is 174 Å². The lowest BCUT2D eigenvalue weighted by Gasteiger charge is -2.35. The maximum atomic E-state index is 13.7. The van der Waals surface area contributed by atoms with E-state index in [1.807, 2.05) is 17.0 Å². The molecule has 0 aliphatic carbocycles. The van der Waals surface area contributed by atoms with Crippen LogP contribution in [0.5, 0.6) is 0 Å². The number of nitrogens with zero attached hydrogens (tertiary/aromatic N) is 1. The van der Waals surface area contributed by atoms with E-state index in [-0.39, 0.29) is 18.4 Å². The molecule has 2 fully saturated rings. The lowest BCUT2D eigenvalue weighted by Crippen LogP contribution is -2.52. The normalized spacial score (nSPS) is 21.0. The molecule has 0 bridgehead atoms. The van der Waals surface area contributed by atoms with Crippen LogP contribution in [-0.4, -0.2) is 63.7 Å². The summed E-state index contributed by atoms with van der Waals surface area (Å²) in [6, 6.07) is 7.23. The molecule has 1 aromatic heterocycles. The Balaban J connectivity index is 1.67. The summed E-state index contributed by atoms with van der Waals surface area (Å²) in [5.41, 5.74) is 0. The van der Waals surface area contributed by atoms with Gasteiger partial charge in [0.2, 0.25) is 5.91 Å². The largest absolute Gasteiger partial charge is 0.354 e. The van der Waals surface area contributed by atoms with E-state index in [1.54, 1.807) is 12.1 Å². The maximum absolute atomic E-state index is 13.7. The first-order chi connectivity index (χ1) is 13.4. The van der Waals surface area contributed by atoms with Crippen molar-refractivity contribution in [1.29, 1.82) is 0 Å². The van der Waals surface area contributed by atoms with E-state index in [0.717, 1.165) is 36.0 Å². The SMILES string of the molecule is O=C1CN(CC(C2CCNCC2)S(=O)(=O)c2cc3ccc(Cl)cc3s2)CCN1. The summed E-state index contributed by atoms with van der Waals surface area (Å²) in [5, 5.41) is 7.11. The molecule has 1 aromatic carbocycles. The summed E-state index contributed by atoms with van der Waals surface area (Å²) in [4.78, 5) is 13.8. The predicted octanol–water partition coefficient (Wildman–Crippen LogP) is 2.13. The molecule has 2 aliphatic rings. The number of hydrogen-bond acceptors (Lipinski definition) is 6. The van der Waals surface area contributed by atoms with E-state index in [1.165, 1.54) is 11.3 Å². The Morgan fingerprint density at radius 1 is 1.21 bits per heavy atom. The van der Waals surface area contributed by atoms with E-state index < -0.39 is 15.1 Å². The van der Waals surface area contributed by atoms with Crippen molar-refractivity contribution in [2.24, 2.45) is 5.92 Å². The van der Waals surface area contributed by atoms with Crippen molar-refractivity contribution < 1.29 is 13.2 Å². The highest BCUT2D eigenvalue weighted by Crippen LogP contribution is 2.36. The molecule has 9 heteroatoms. The van der Waals surface area contributed by atoms with Crippen LogP contribution in [0.3, 0.4) is 0 Å². The van der Waals surface area contributed by atoms with Crippen LogP contribution in [0.2, 0.25) is 5.02 Å². The summed E-state index contributed by atoms with van der Waals surface area (Å²) >= 11 is 7.36. The molecule has 1 amide bonds. The van der Waals surface area contributed by atoms with Crippen LogP contribution < -0.4 is 10.6 Å². The Hall–Kier alpha value is -1.19. The molecule has 3 heterocycles. The number of halogens is 1. The first-order valence-corrected chi connectivity index (χ1v) is 12.3. The minimum absolute atomic E-state index is 0.0378. The van der Waals surface area contributed by atoms with Crippen molar-refractivity contribution in [2.45, 2.75) is 22.3 Å². The first kappa shape index (κ1) is 20.1. The summed E-state index contributed by atoms with van der Waals surface area (Å²) in [6.45, 7) is 3.58. The van der Waals surface area contributed by atoms with Crippen LogP contribution >= 0.6 is 22.9 Å². The van der Waals surface area contributed by atoms with Gasteiger partial charge in [0.15, 0.2) is 9.84 Å². The van der Waals surface area contributed by atoms with Gasteiger partial charge in [0.1, 0.15) is 4.21 Å². The number of benzene rings is 1. The van der Waals surface area contributed by atoms with Crippen molar-refractivity contribution in [2.75, 3.05) is 39.3 Å². The Kier molecular flexibility index (Phi) is 5.94. The lowest BCUT2D eigenvalue weighted by molar-refractivity contribution is -0.124. The summed E-state index contributed by atoms with van der Waals surface area (Å²) in [6.07, 6.45) is 1.67. The van der Waals surface area contributed by atoms with E-state index in [2.05, 4.69) is 10.6 Å². The molecule has 4 rings (SSSR count). The number of fused-ring (bicyclic) bond motifs is 1. The van der Waals surface area contributed by atoms with Gasteiger partial charge in [0.05, 0.1) is 11.8 Å². The molecule has 0 spiro atoms. The van der Waals surface area contributed by atoms with Gasteiger partial charge in [-0.25, -0.2) is 8.42 Å². The molecule has 2 aliphatic heterocycles. The van der Waals surface area contributed by atoms with Gasteiger partial charge < -0.3 is 10.6 Å². The highest BCUT2D eigenvalue weighted by atomic mass is 35.5. The Morgan fingerprint density at radius 2 is 2.00 bits per heavy atom. The molecule has 2 N–H and O–H groups in total. The molecule has 1 atom stereocenters. The zero-order chi connectivity index (χ0) is 19.7. The molecule has 1 unspecified atom stereocenters. The van der Waals surface area contributed by atoms with Crippen molar-refractivity contribution in [3.8, 4) is 0 Å². The fourth-order valence-electron chi connectivity index (χ4n) is 4.09. The predicted molar refractivity (Wildman–Crippen MR) is 113 cm³/mol. The lowest BCUT2D eigenvalue weighted by atomic mass is 9.94. The number of carbonyl (C=O) groups excluding carboxylic acids is 1. The third-order valence-corrected chi connectivity index (χ3v) is 9.69. The zero-order valence-corrected chi connectivity index (χ0v) is 17.9. The van der Waals surface area contributed by atoms with Crippen LogP contribution in [0.1, 0.15) is 12.8 Å². The molecule has 0 radical (unpaired) electrons. The third kappa shape index (κ3) is 4.21. The molecule has 152 valence electrons. The molecule has 2 saturated heterocycles. The number of piperidine rings is 1. The second kappa shape index (κ2) is 8.28. The number of hydrogen-bond donors (Lipinski definition) is 2. The second-order valence-electron chi connectivity index (χ2n) is 7.50. The number of rotatable bonds is 5. The van der Waals surface area contributed by atoms with Gasteiger partial charge in [0.25, 0.3) is 0 Å². The van der Waals surface area contributed by atoms with Crippen molar-refractivity contribution in [1.82, 2.24) is 15.5 Å². The van der Waals surface area contributed by atoms with Crippen molar-refractivity contribution in [3.63, 3.8) is 0 Å². The monoisotopic (exact) mass is 441 g/mol. The van der Waals surface area contributed by atoms with Gasteiger partial charge in [-0.2, -0.15) is 0 Å². The third-order valence-electron chi connectivity index (χ3n) is 5.60. The van der Waals surface area contributed by atoms with Crippen LogP contribution in [0.4, 0.5) is 0 Å². The second-order valence-corrected chi connectivity index (χ2v) is 11.4. The highest BCUT2D eigenvalue weighted by Gasteiger charge is 2.38. The van der Waals surface area contributed by atoms with Gasteiger partial charge >= 0.3 is 0 Å². The van der Waals surface area contributed by atoms with Gasteiger partial charge in [-0.3, -0.25) is 9.69 Å². The number of carbonyl (C=O) groups is 1. The number of nitrogens with one attached hydrogen (secondary N) is 2. The Bertz CT molecular complexity index is 970. The fraction of sp³-hybridized carbons (Fsp3) is 0.526.